The number of likely N-dealkylation sites (N-methyl/N-ethyl adjacent to an activating group) is 1. The Morgan fingerprint density at radius 1 is 1.07 bits per heavy atom. The first-order chi connectivity index (χ1) is 13.6. The van der Waals surface area contributed by atoms with Crippen LogP contribution in [0.25, 0.3) is 11.1 Å². The molecular weight excluding hydrogens is 418 g/mol. The number of piperidine rings is 1. The largest absolute Gasteiger partial charge is 0.458 e. The molecule has 2 heterocycles. The highest BCUT2D eigenvalue weighted by molar-refractivity contribution is 9.08. The summed E-state index contributed by atoms with van der Waals surface area (Å²) in [5, 5.41) is 11.5. The van der Waals surface area contributed by atoms with Crippen molar-refractivity contribution in [2.24, 2.45) is 0 Å². The van der Waals surface area contributed by atoms with Gasteiger partial charge in [-0.05, 0) is 36.8 Å². The number of carbonyl (C=O) groups excluding carboxylic acids is 1. The Hall–Kier alpha value is -1.69. The first-order valence-corrected chi connectivity index (χ1v) is 11.4. The molecule has 2 aromatic carbocycles. The molecule has 0 aromatic heterocycles. The van der Waals surface area contributed by atoms with E-state index < -0.39 is 11.6 Å². The second kappa shape index (κ2) is 7.62. The highest BCUT2D eigenvalue weighted by Crippen LogP contribution is 2.48. The normalized spacial score (nSPS) is 26.6. The average Bonchev–Trinajstić information content (AvgIpc) is 3.06. The monoisotopic (exact) mass is 443 g/mol. The van der Waals surface area contributed by atoms with Crippen LogP contribution in [0, 0.1) is 0 Å². The smallest absolute Gasteiger partial charge is 0.348 e. The molecule has 1 aliphatic carbocycles. The van der Waals surface area contributed by atoms with Crippen molar-refractivity contribution < 1.29 is 14.6 Å². The standard InChI is InChI=1S/C22H23NO3.CH3Br/c1-23-14-7-6-12-19(23)20(13-14)26-21(24)22(25)17-10-4-2-8-15(17)16-9-3-5-11-18(16)22;1-2/h2-5,8-11,14,19-20,25H,6-7,12-13H2,1H3;1H3. The van der Waals surface area contributed by atoms with Crippen LogP contribution in [-0.2, 0) is 15.1 Å². The highest BCUT2D eigenvalue weighted by Gasteiger charge is 2.52. The van der Waals surface area contributed by atoms with E-state index in [1.807, 2.05) is 54.4 Å². The quantitative estimate of drug-likeness (QED) is 0.560. The molecule has 2 fully saturated rings. The van der Waals surface area contributed by atoms with Crippen LogP contribution in [0.15, 0.2) is 48.5 Å². The topological polar surface area (TPSA) is 49.8 Å². The summed E-state index contributed by atoms with van der Waals surface area (Å²) in [6.07, 6.45) is 4.13. The molecule has 2 aromatic rings. The zero-order valence-electron chi connectivity index (χ0n) is 16.3. The number of nitrogens with zero attached hydrogens (tertiary/aromatic N) is 1. The Bertz CT molecular complexity index is 838. The van der Waals surface area contributed by atoms with E-state index in [1.54, 1.807) is 0 Å². The van der Waals surface area contributed by atoms with E-state index in [-0.39, 0.29) is 12.1 Å². The number of fused-ring (bicyclic) bond motifs is 5. The summed E-state index contributed by atoms with van der Waals surface area (Å²) in [7, 11) is 2.12. The van der Waals surface area contributed by atoms with Gasteiger partial charge in [0, 0.05) is 29.6 Å². The Balaban J connectivity index is 0.000000932. The van der Waals surface area contributed by atoms with Crippen molar-refractivity contribution in [3.05, 3.63) is 59.7 Å². The van der Waals surface area contributed by atoms with Gasteiger partial charge in [0.15, 0.2) is 0 Å². The van der Waals surface area contributed by atoms with Crippen molar-refractivity contribution >= 4 is 21.9 Å². The van der Waals surface area contributed by atoms with Crippen LogP contribution in [0.5, 0.6) is 0 Å². The van der Waals surface area contributed by atoms with Crippen LogP contribution in [0.1, 0.15) is 36.8 Å². The van der Waals surface area contributed by atoms with Crippen molar-refractivity contribution in [2.75, 3.05) is 12.9 Å². The maximum Gasteiger partial charge on any atom is 0.348 e. The first-order valence-electron chi connectivity index (χ1n) is 9.83. The van der Waals surface area contributed by atoms with Crippen LogP contribution in [-0.4, -0.2) is 47.0 Å². The van der Waals surface area contributed by atoms with Gasteiger partial charge in [0.05, 0.1) is 0 Å². The molecule has 3 atom stereocenters. The van der Waals surface area contributed by atoms with Crippen LogP contribution >= 0.6 is 15.9 Å². The molecular formula is C23H26BrNO3. The number of hydrogen-bond donors (Lipinski definition) is 1. The second-order valence-electron chi connectivity index (χ2n) is 7.80. The number of alkyl halides is 1. The lowest BCUT2D eigenvalue weighted by Crippen LogP contribution is -2.43. The summed E-state index contributed by atoms with van der Waals surface area (Å²) in [6.45, 7) is 0. The van der Waals surface area contributed by atoms with Gasteiger partial charge < -0.3 is 9.84 Å². The first kappa shape index (κ1) is 19.6. The van der Waals surface area contributed by atoms with Gasteiger partial charge >= 0.3 is 5.97 Å². The van der Waals surface area contributed by atoms with E-state index in [0.29, 0.717) is 17.2 Å². The number of rotatable bonds is 2. The van der Waals surface area contributed by atoms with Gasteiger partial charge in [-0.3, -0.25) is 4.90 Å². The molecule has 28 heavy (non-hydrogen) atoms. The summed E-state index contributed by atoms with van der Waals surface area (Å²) >= 11 is 2.94. The van der Waals surface area contributed by atoms with Crippen LogP contribution in [0.4, 0.5) is 0 Å². The van der Waals surface area contributed by atoms with E-state index >= 15 is 0 Å². The third-order valence-electron chi connectivity index (χ3n) is 6.55. The summed E-state index contributed by atoms with van der Waals surface area (Å²) in [5.41, 5.74) is 1.35. The molecule has 2 aliphatic heterocycles. The zero-order valence-corrected chi connectivity index (χ0v) is 17.9. The van der Waals surface area contributed by atoms with Gasteiger partial charge in [-0.1, -0.05) is 70.9 Å². The Morgan fingerprint density at radius 2 is 1.64 bits per heavy atom. The lowest BCUT2D eigenvalue weighted by atomic mass is 9.91. The molecule has 2 saturated heterocycles. The number of benzene rings is 2. The minimum absolute atomic E-state index is 0.135. The number of esters is 1. The molecule has 3 unspecified atom stereocenters. The SMILES string of the molecule is CBr.CN1C2CCCC1C(OC(=O)C1(O)c3ccccc3-c3ccccc31)C2. The molecule has 5 rings (SSSR count). The zero-order chi connectivity index (χ0) is 19.9. The molecule has 4 nitrogen and oxygen atoms in total. The fourth-order valence-electron chi connectivity index (χ4n) is 5.18. The van der Waals surface area contributed by atoms with Crippen molar-refractivity contribution in [1.82, 2.24) is 4.90 Å². The third-order valence-corrected chi connectivity index (χ3v) is 6.55. The number of halogens is 1. The minimum Gasteiger partial charge on any atom is -0.458 e. The minimum atomic E-state index is -1.72. The summed E-state index contributed by atoms with van der Waals surface area (Å²) in [4.78, 5) is 15.6. The van der Waals surface area contributed by atoms with Gasteiger partial charge in [-0.25, -0.2) is 4.79 Å². The van der Waals surface area contributed by atoms with Gasteiger partial charge in [-0.2, -0.15) is 0 Å². The molecule has 0 radical (unpaired) electrons. The summed E-state index contributed by atoms with van der Waals surface area (Å²) in [6, 6.07) is 15.9. The van der Waals surface area contributed by atoms with Crippen LogP contribution in [0.2, 0.25) is 0 Å². The lowest BCUT2D eigenvalue weighted by molar-refractivity contribution is -0.168. The molecule has 1 N–H and O–H groups in total. The van der Waals surface area contributed by atoms with Crippen molar-refractivity contribution in [3.63, 3.8) is 0 Å². The fourth-order valence-corrected chi connectivity index (χ4v) is 5.18. The van der Waals surface area contributed by atoms with Crippen LogP contribution < -0.4 is 0 Å². The van der Waals surface area contributed by atoms with Gasteiger partial charge in [0.1, 0.15) is 6.10 Å². The van der Waals surface area contributed by atoms with Crippen molar-refractivity contribution in [2.45, 2.75) is 49.5 Å². The average molecular weight is 444 g/mol. The summed E-state index contributed by atoms with van der Waals surface area (Å²) in [5.74, 6) is 1.27. The van der Waals surface area contributed by atoms with E-state index in [0.717, 1.165) is 30.4 Å². The number of carbonyl (C=O) groups is 1. The maximum absolute atomic E-state index is 13.3. The highest BCUT2D eigenvalue weighted by atomic mass is 79.9. The summed E-state index contributed by atoms with van der Waals surface area (Å²) < 4.78 is 5.97. The third kappa shape index (κ3) is 2.83. The second-order valence-corrected chi connectivity index (χ2v) is 7.80. The molecule has 148 valence electrons. The molecule has 5 heteroatoms. The predicted octanol–water partition coefficient (Wildman–Crippen LogP) is 4.08. The Labute approximate surface area is 174 Å². The number of ether oxygens (including phenoxy) is 1. The lowest BCUT2D eigenvalue weighted by Gasteiger charge is -2.32. The van der Waals surface area contributed by atoms with Gasteiger partial charge in [-0.15, -0.1) is 0 Å². The van der Waals surface area contributed by atoms with E-state index in [1.165, 1.54) is 6.42 Å². The molecule has 3 aliphatic rings. The number of aliphatic hydroxyl groups is 1. The predicted molar refractivity (Wildman–Crippen MR) is 113 cm³/mol. The van der Waals surface area contributed by atoms with E-state index in [4.69, 9.17) is 4.74 Å². The van der Waals surface area contributed by atoms with Crippen LogP contribution in [0.3, 0.4) is 0 Å². The molecule has 2 bridgehead atoms. The van der Waals surface area contributed by atoms with E-state index in [9.17, 15) is 9.90 Å². The number of hydrogen-bond acceptors (Lipinski definition) is 4. The van der Waals surface area contributed by atoms with E-state index in [2.05, 4.69) is 27.9 Å². The maximum atomic E-state index is 13.3. The molecule has 0 spiro atoms. The van der Waals surface area contributed by atoms with Crippen molar-refractivity contribution in [3.8, 4) is 11.1 Å². The Morgan fingerprint density at radius 3 is 2.21 bits per heavy atom. The van der Waals surface area contributed by atoms with Crippen molar-refractivity contribution in [1.29, 1.82) is 0 Å². The molecule has 0 amide bonds. The molecule has 0 saturated carbocycles. The van der Waals surface area contributed by atoms with Gasteiger partial charge in [0.25, 0.3) is 0 Å². The Kier molecular flexibility index (Phi) is 5.34. The van der Waals surface area contributed by atoms with Gasteiger partial charge in [0.2, 0.25) is 5.60 Å². The fraction of sp³-hybridized carbons (Fsp3) is 0.435.